The van der Waals surface area contributed by atoms with Crippen molar-refractivity contribution in [3.63, 3.8) is 0 Å². The number of aromatic nitrogens is 1. The van der Waals surface area contributed by atoms with E-state index in [4.69, 9.17) is 5.11 Å². The molecule has 1 unspecified atom stereocenters. The number of unbranched alkanes of at least 4 members (excludes halogenated alkanes) is 1. The highest BCUT2D eigenvalue weighted by atomic mass is 32.2. The Kier molecular flexibility index (Phi) is 6.30. The van der Waals surface area contributed by atoms with Crippen LogP contribution in [0.1, 0.15) is 48.1 Å². The maximum absolute atomic E-state index is 12.3. The summed E-state index contributed by atoms with van der Waals surface area (Å²) in [5.41, 5.74) is -0.0612. The van der Waals surface area contributed by atoms with Gasteiger partial charge in [-0.15, -0.1) is 11.3 Å². The van der Waals surface area contributed by atoms with E-state index in [1.807, 2.05) is 6.92 Å². The second kappa shape index (κ2) is 8.04. The first-order valence-electron chi connectivity index (χ1n) is 7.80. The Morgan fingerprint density at radius 2 is 2.25 bits per heavy atom. The molecule has 1 aliphatic rings. The zero-order chi connectivity index (χ0) is 17.7. The normalized spacial score (nSPS) is 18.6. The van der Waals surface area contributed by atoms with E-state index in [0.29, 0.717) is 30.8 Å². The number of sulfonamides is 1. The zero-order valence-corrected chi connectivity index (χ0v) is 15.0. The number of aromatic carboxylic acids is 1. The van der Waals surface area contributed by atoms with E-state index in [2.05, 4.69) is 10.3 Å². The lowest BCUT2D eigenvalue weighted by atomic mass is 10.2. The number of carbonyl (C=O) groups is 2. The lowest BCUT2D eigenvalue weighted by Gasteiger charge is -2.23. The Hall–Kier alpha value is -1.52. The smallest absolute Gasteiger partial charge is 0.355 e. The van der Waals surface area contributed by atoms with Crippen molar-refractivity contribution in [2.75, 3.05) is 12.3 Å². The van der Waals surface area contributed by atoms with Gasteiger partial charge < -0.3 is 10.4 Å². The Labute approximate surface area is 144 Å². The van der Waals surface area contributed by atoms with Gasteiger partial charge in [0.2, 0.25) is 15.9 Å². The molecule has 1 aliphatic heterocycles. The first-order chi connectivity index (χ1) is 11.3. The van der Waals surface area contributed by atoms with Gasteiger partial charge in [0.25, 0.3) is 0 Å². The molecule has 24 heavy (non-hydrogen) atoms. The van der Waals surface area contributed by atoms with E-state index in [1.54, 1.807) is 0 Å². The van der Waals surface area contributed by atoms with Crippen molar-refractivity contribution in [1.82, 2.24) is 14.6 Å². The number of carboxylic acid groups (broad SMARTS) is 1. The molecule has 0 saturated carbocycles. The number of carbonyl (C=O) groups excluding carboxylic acids is 1. The number of hydrogen-bond acceptors (Lipinski definition) is 6. The molecule has 1 amide bonds. The van der Waals surface area contributed by atoms with E-state index < -0.39 is 22.0 Å². The van der Waals surface area contributed by atoms with E-state index in [-0.39, 0.29) is 23.9 Å². The van der Waals surface area contributed by atoms with Gasteiger partial charge in [0.1, 0.15) is 11.0 Å². The number of carboxylic acids is 1. The predicted molar refractivity (Wildman–Crippen MR) is 89.3 cm³/mol. The average Bonchev–Trinajstić information content (AvgIpc) is 3.19. The van der Waals surface area contributed by atoms with Crippen LogP contribution in [-0.2, 0) is 21.4 Å². The minimum atomic E-state index is -3.42. The highest BCUT2D eigenvalue weighted by Gasteiger charge is 2.38. The third-order valence-electron chi connectivity index (χ3n) is 3.80. The predicted octanol–water partition coefficient (Wildman–Crippen LogP) is 1.05. The summed E-state index contributed by atoms with van der Waals surface area (Å²) in [5, 5.41) is 13.4. The van der Waals surface area contributed by atoms with Crippen LogP contribution in [0.3, 0.4) is 0 Å². The third kappa shape index (κ3) is 4.52. The molecule has 8 nitrogen and oxygen atoms in total. The highest BCUT2D eigenvalue weighted by molar-refractivity contribution is 7.89. The number of rotatable bonds is 8. The highest BCUT2D eigenvalue weighted by Crippen LogP contribution is 2.22. The van der Waals surface area contributed by atoms with Gasteiger partial charge in [-0.2, -0.15) is 4.31 Å². The summed E-state index contributed by atoms with van der Waals surface area (Å²) in [6.45, 7) is 2.38. The molecule has 0 aromatic carbocycles. The standard InChI is InChI=1S/C14H21N3O5S2/c1-2-3-7-24(21,22)17-6-4-5-11(17)13(18)15-8-12-16-10(9-23-12)14(19)20/h9,11H,2-8H2,1H3,(H,15,18)(H,19,20). The molecule has 1 atom stereocenters. The number of nitrogens with zero attached hydrogens (tertiary/aromatic N) is 2. The van der Waals surface area contributed by atoms with Gasteiger partial charge in [-0.05, 0) is 19.3 Å². The van der Waals surface area contributed by atoms with Crippen molar-refractivity contribution in [2.24, 2.45) is 0 Å². The van der Waals surface area contributed by atoms with Gasteiger partial charge >= 0.3 is 5.97 Å². The Balaban J connectivity index is 1.96. The molecule has 0 aliphatic carbocycles. The molecule has 0 bridgehead atoms. The maximum atomic E-state index is 12.3. The first kappa shape index (κ1) is 18.8. The number of thiazole rings is 1. The van der Waals surface area contributed by atoms with Gasteiger partial charge in [-0.3, -0.25) is 4.79 Å². The van der Waals surface area contributed by atoms with Crippen molar-refractivity contribution < 1.29 is 23.1 Å². The average molecular weight is 375 g/mol. The SMILES string of the molecule is CCCCS(=O)(=O)N1CCCC1C(=O)NCc1nc(C(=O)O)cs1. The van der Waals surface area contributed by atoms with E-state index in [1.165, 1.54) is 9.69 Å². The van der Waals surface area contributed by atoms with Crippen molar-refractivity contribution >= 4 is 33.2 Å². The minimum Gasteiger partial charge on any atom is -0.476 e. The largest absolute Gasteiger partial charge is 0.476 e. The van der Waals surface area contributed by atoms with Crippen molar-refractivity contribution in [2.45, 2.75) is 45.2 Å². The van der Waals surface area contributed by atoms with Crippen LogP contribution in [-0.4, -0.2) is 53.0 Å². The van der Waals surface area contributed by atoms with E-state index in [0.717, 1.165) is 17.8 Å². The molecule has 1 saturated heterocycles. The molecular formula is C14H21N3O5S2. The lowest BCUT2D eigenvalue weighted by Crippen LogP contribution is -2.46. The van der Waals surface area contributed by atoms with Gasteiger partial charge in [-0.25, -0.2) is 18.2 Å². The quantitative estimate of drug-likeness (QED) is 0.701. The van der Waals surface area contributed by atoms with Gasteiger partial charge in [0.05, 0.1) is 12.3 Å². The lowest BCUT2D eigenvalue weighted by molar-refractivity contribution is -0.124. The molecule has 2 heterocycles. The molecular weight excluding hydrogens is 354 g/mol. The summed E-state index contributed by atoms with van der Waals surface area (Å²) in [4.78, 5) is 27.0. The summed E-state index contributed by atoms with van der Waals surface area (Å²) < 4.78 is 26.0. The molecule has 1 fully saturated rings. The number of amides is 1. The van der Waals surface area contributed by atoms with Gasteiger partial charge in [0.15, 0.2) is 5.69 Å². The fraction of sp³-hybridized carbons (Fsp3) is 0.643. The van der Waals surface area contributed by atoms with Crippen LogP contribution in [0, 0.1) is 0 Å². The van der Waals surface area contributed by atoms with E-state index in [9.17, 15) is 18.0 Å². The van der Waals surface area contributed by atoms with Crippen molar-refractivity contribution in [1.29, 1.82) is 0 Å². The fourth-order valence-electron chi connectivity index (χ4n) is 2.55. The summed E-state index contributed by atoms with van der Waals surface area (Å²) in [6, 6.07) is -0.689. The topological polar surface area (TPSA) is 117 Å². The molecule has 134 valence electrons. The van der Waals surface area contributed by atoms with Crippen LogP contribution in [0.25, 0.3) is 0 Å². The first-order valence-corrected chi connectivity index (χ1v) is 10.3. The van der Waals surface area contributed by atoms with Gasteiger partial charge in [0, 0.05) is 11.9 Å². The van der Waals surface area contributed by atoms with Gasteiger partial charge in [-0.1, -0.05) is 13.3 Å². The van der Waals surface area contributed by atoms with Crippen LogP contribution >= 0.6 is 11.3 Å². The number of hydrogen-bond donors (Lipinski definition) is 2. The summed E-state index contributed by atoms with van der Waals surface area (Å²) in [7, 11) is -3.42. The Morgan fingerprint density at radius 1 is 1.50 bits per heavy atom. The van der Waals surface area contributed by atoms with Crippen LogP contribution in [0.4, 0.5) is 0 Å². The molecule has 1 aromatic heterocycles. The number of nitrogens with one attached hydrogen (secondary N) is 1. The molecule has 2 rings (SSSR count). The molecule has 1 aromatic rings. The molecule has 10 heteroatoms. The molecule has 0 spiro atoms. The molecule has 0 radical (unpaired) electrons. The van der Waals surface area contributed by atoms with Crippen LogP contribution in [0.5, 0.6) is 0 Å². The van der Waals surface area contributed by atoms with Crippen molar-refractivity contribution in [3.8, 4) is 0 Å². The van der Waals surface area contributed by atoms with Crippen molar-refractivity contribution in [3.05, 3.63) is 16.1 Å². The van der Waals surface area contributed by atoms with Crippen LogP contribution in [0.2, 0.25) is 0 Å². The summed E-state index contributed by atoms with van der Waals surface area (Å²) in [5.74, 6) is -1.42. The van der Waals surface area contributed by atoms with E-state index >= 15 is 0 Å². The fourth-order valence-corrected chi connectivity index (χ4v) is 5.14. The Morgan fingerprint density at radius 3 is 2.88 bits per heavy atom. The second-order valence-electron chi connectivity index (χ2n) is 5.59. The summed E-state index contributed by atoms with van der Waals surface area (Å²) in [6.07, 6.45) is 2.50. The maximum Gasteiger partial charge on any atom is 0.355 e. The second-order valence-corrected chi connectivity index (χ2v) is 8.57. The zero-order valence-electron chi connectivity index (χ0n) is 13.4. The summed E-state index contributed by atoms with van der Waals surface area (Å²) >= 11 is 1.14. The Bertz CT molecular complexity index is 701. The van der Waals surface area contributed by atoms with Crippen LogP contribution < -0.4 is 5.32 Å². The van der Waals surface area contributed by atoms with Crippen LogP contribution in [0.15, 0.2) is 5.38 Å². The monoisotopic (exact) mass is 375 g/mol. The minimum absolute atomic E-state index is 0.0573. The molecule has 2 N–H and O–H groups in total. The third-order valence-corrected chi connectivity index (χ3v) is 6.61.